The molecule has 1 aliphatic rings. The summed E-state index contributed by atoms with van der Waals surface area (Å²) < 4.78 is 7.64. The first-order chi connectivity index (χ1) is 16.4. The molecule has 4 rings (SSSR count). The van der Waals surface area contributed by atoms with Gasteiger partial charge in [0.1, 0.15) is 12.4 Å². The summed E-state index contributed by atoms with van der Waals surface area (Å²) in [6.07, 6.45) is 0.931. The van der Waals surface area contributed by atoms with Crippen molar-refractivity contribution < 1.29 is 9.53 Å². The summed E-state index contributed by atoms with van der Waals surface area (Å²) >= 11 is 7.09. The van der Waals surface area contributed by atoms with Gasteiger partial charge in [-0.25, -0.2) is 0 Å². The van der Waals surface area contributed by atoms with Gasteiger partial charge in [0.2, 0.25) is 5.91 Å². The second-order valence-electron chi connectivity index (χ2n) is 8.23. The summed E-state index contributed by atoms with van der Waals surface area (Å²) in [6, 6.07) is 27.7. The molecule has 1 amide bonds. The van der Waals surface area contributed by atoms with Crippen molar-refractivity contribution >= 4 is 84.8 Å². The fourth-order valence-electron chi connectivity index (χ4n) is 4.20. The van der Waals surface area contributed by atoms with Crippen LogP contribution in [0.4, 0.5) is 0 Å². The molecule has 0 radical (unpaired) electrons. The molecule has 0 aromatic heterocycles. The topological polar surface area (TPSA) is 29.5 Å². The SMILES string of the molecule is CC(I)C(=C(c1ccc(I)cc1)c1ccc(OCCN2CCC(I)C2=O)cc1)c1ccccc1. The first-order valence-electron chi connectivity index (χ1n) is 11.3. The Labute approximate surface area is 242 Å². The minimum Gasteiger partial charge on any atom is -0.492 e. The second kappa shape index (κ2) is 12.2. The number of hydrogen-bond acceptors (Lipinski definition) is 2. The van der Waals surface area contributed by atoms with Crippen molar-refractivity contribution in [3.8, 4) is 5.75 Å². The molecule has 0 aliphatic carbocycles. The van der Waals surface area contributed by atoms with Gasteiger partial charge in [-0.3, -0.25) is 4.79 Å². The maximum absolute atomic E-state index is 12.1. The molecule has 3 nitrogen and oxygen atoms in total. The smallest absolute Gasteiger partial charge is 0.235 e. The van der Waals surface area contributed by atoms with Crippen molar-refractivity contribution in [1.29, 1.82) is 0 Å². The van der Waals surface area contributed by atoms with Crippen molar-refractivity contribution in [2.24, 2.45) is 0 Å². The molecule has 1 heterocycles. The van der Waals surface area contributed by atoms with Crippen molar-refractivity contribution in [3.05, 3.63) is 99.1 Å². The number of benzene rings is 3. The van der Waals surface area contributed by atoms with E-state index in [9.17, 15) is 4.79 Å². The van der Waals surface area contributed by atoms with Gasteiger partial charge in [-0.1, -0.05) is 99.8 Å². The number of amides is 1. The molecule has 34 heavy (non-hydrogen) atoms. The van der Waals surface area contributed by atoms with Gasteiger partial charge in [-0.2, -0.15) is 0 Å². The van der Waals surface area contributed by atoms with Crippen molar-refractivity contribution in [3.63, 3.8) is 0 Å². The lowest BCUT2D eigenvalue weighted by Crippen LogP contribution is -2.31. The Morgan fingerprint density at radius 2 is 1.59 bits per heavy atom. The molecular formula is C28H26I3NO2. The molecule has 176 valence electrons. The van der Waals surface area contributed by atoms with Crippen LogP contribution in [0.2, 0.25) is 0 Å². The predicted octanol–water partition coefficient (Wildman–Crippen LogP) is 7.49. The Kier molecular flexibility index (Phi) is 9.31. The highest BCUT2D eigenvalue weighted by atomic mass is 127. The highest BCUT2D eigenvalue weighted by Crippen LogP contribution is 2.37. The summed E-state index contributed by atoms with van der Waals surface area (Å²) in [6.45, 7) is 4.22. The lowest BCUT2D eigenvalue weighted by molar-refractivity contribution is -0.127. The van der Waals surface area contributed by atoms with E-state index in [1.54, 1.807) is 0 Å². The normalized spacial score (nSPS) is 17.5. The van der Waals surface area contributed by atoms with E-state index >= 15 is 0 Å². The molecule has 3 aromatic carbocycles. The van der Waals surface area contributed by atoms with Gasteiger partial charge in [0.05, 0.1) is 10.5 Å². The second-order valence-corrected chi connectivity index (χ2v) is 12.8. The van der Waals surface area contributed by atoms with E-state index in [2.05, 4.69) is 141 Å². The van der Waals surface area contributed by atoms with Gasteiger partial charge < -0.3 is 9.64 Å². The molecule has 0 spiro atoms. The number of alkyl halides is 2. The van der Waals surface area contributed by atoms with Crippen LogP contribution in [0.5, 0.6) is 5.75 Å². The van der Waals surface area contributed by atoms with Gasteiger partial charge >= 0.3 is 0 Å². The Morgan fingerprint density at radius 3 is 2.15 bits per heavy atom. The summed E-state index contributed by atoms with van der Waals surface area (Å²) in [4.78, 5) is 14.0. The van der Waals surface area contributed by atoms with Crippen LogP contribution in [0, 0.1) is 3.57 Å². The number of halogens is 3. The van der Waals surface area contributed by atoms with E-state index in [0.717, 1.165) is 18.7 Å². The molecule has 2 atom stereocenters. The Morgan fingerprint density at radius 1 is 0.971 bits per heavy atom. The number of hydrogen-bond donors (Lipinski definition) is 0. The average Bonchev–Trinajstić information content (AvgIpc) is 3.16. The number of allylic oxidation sites excluding steroid dienone is 1. The number of ether oxygens (including phenoxy) is 1. The van der Waals surface area contributed by atoms with Crippen LogP contribution in [0.1, 0.15) is 30.0 Å². The number of carbonyl (C=O) groups is 1. The monoisotopic (exact) mass is 789 g/mol. The third-order valence-corrected chi connectivity index (χ3v) is 8.39. The van der Waals surface area contributed by atoms with Crippen LogP contribution >= 0.6 is 67.8 Å². The number of nitrogens with zero attached hydrogens (tertiary/aromatic N) is 1. The van der Waals surface area contributed by atoms with Crippen LogP contribution in [-0.4, -0.2) is 38.4 Å². The Hall–Kier alpha value is -1.14. The maximum atomic E-state index is 12.1. The third-order valence-electron chi connectivity index (χ3n) is 5.89. The summed E-state index contributed by atoms with van der Waals surface area (Å²) in [5, 5.41) is 0. The minimum atomic E-state index is 0.113. The first-order valence-corrected chi connectivity index (χ1v) is 14.9. The van der Waals surface area contributed by atoms with E-state index in [1.807, 2.05) is 17.0 Å². The third kappa shape index (κ3) is 6.34. The molecule has 2 unspecified atom stereocenters. The molecule has 6 heteroatoms. The number of carbonyl (C=O) groups excluding carboxylic acids is 1. The molecule has 0 N–H and O–H groups in total. The zero-order chi connectivity index (χ0) is 24.1. The van der Waals surface area contributed by atoms with Gasteiger partial charge in [0.15, 0.2) is 0 Å². The standard InChI is InChI=1S/C28H26I3NO2/c1-19(29)26(20-5-3-2-4-6-20)27(21-7-11-23(30)12-8-21)22-9-13-24(14-10-22)34-18-17-32-16-15-25(31)28(32)33/h2-14,19,25H,15-18H2,1H3. The van der Waals surface area contributed by atoms with Crippen molar-refractivity contribution in [2.45, 2.75) is 21.2 Å². The number of likely N-dealkylation sites (tertiary alicyclic amines) is 1. The summed E-state index contributed by atoms with van der Waals surface area (Å²) in [5.41, 5.74) is 6.17. The summed E-state index contributed by atoms with van der Waals surface area (Å²) in [5.74, 6) is 1.06. The molecular weight excluding hydrogens is 763 g/mol. The predicted molar refractivity (Wildman–Crippen MR) is 166 cm³/mol. The molecule has 1 saturated heterocycles. The maximum Gasteiger partial charge on any atom is 0.235 e. The van der Waals surface area contributed by atoms with E-state index in [0.29, 0.717) is 17.1 Å². The average molecular weight is 789 g/mol. The first kappa shape index (κ1) is 25.9. The van der Waals surface area contributed by atoms with Gasteiger partial charge in [-0.05, 0) is 88.0 Å². The van der Waals surface area contributed by atoms with Gasteiger partial charge in [0, 0.05) is 14.0 Å². The lowest BCUT2D eigenvalue weighted by Gasteiger charge is -2.20. The quantitative estimate of drug-likeness (QED) is 0.135. The zero-order valence-corrected chi connectivity index (χ0v) is 25.4. The molecule has 0 saturated carbocycles. The molecule has 3 aromatic rings. The van der Waals surface area contributed by atoms with Crippen molar-refractivity contribution in [1.82, 2.24) is 4.90 Å². The van der Waals surface area contributed by atoms with Crippen LogP contribution in [-0.2, 0) is 4.79 Å². The van der Waals surface area contributed by atoms with Crippen LogP contribution in [0.25, 0.3) is 11.1 Å². The van der Waals surface area contributed by atoms with E-state index in [1.165, 1.54) is 31.4 Å². The largest absolute Gasteiger partial charge is 0.492 e. The molecule has 1 fully saturated rings. The number of rotatable bonds is 8. The van der Waals surface area contributed by atoms with E-state index in [-0.39, 0.29) is 9.83 Å². The van der Waals surface area contributed by atoms with Crippen molar-refractivity contribution in [2.75, 3.05) is 19.7 Å². The van der Waals surface area contributed by atoms with E-state index in [4.69, 9.17) is 4.74 Å². The highest BCUT2D eigenvalue weighted by molar-refractivity contribution is 14.1. The van der Waals surface area contributed by atoms with Gasteiger partial charge in [0.25, 0.3) is 0 Å². The van der Waals surface area contributed by atoms with Crippen LogP contribution in [0.3, 0.4) is 0 Å². The lowest BCUT2D eigenvalue weighted by atomic mass is 9.88. The van der Waals surface area contributed by atoms with E-state index < -0.39 is 0 Å². The fraction of sp³-hybridized carbons (Fsp3) is 0.250. The van der Waals surface area contributed by atoms with Crippen LogP contribution in [0.15, 0.2) is 78.9 Å². The highest BCUT2D eigenvalue weighted by Gasteiger charge is 2.28. The zero-order valence-electron chi connectivity index (χ0n) is 18.9. The molecule has 0 bridgehead atoms. The van der Waals surface area contributed by atoms with Crippen LogP contribution < -0.4 is 4.74 Å². The molecule has 1 aliphatic heterocycles. The van der Waals surface area contributed by atoms with Gasteiger partial charge in [-0.15, -0.1) is 0 Å². The summed E-state index contributed by atoms with van der Waals surface area (Å²) in [7, 11) is 0. The minimum absolute atomic E-state index is 0.113. The fourth-order valence-corrected chi connectivity index (χ4v) is 5.90. The Balaban J connectivity index is 1.62. The Bertz CT molecular complexity index is 1140.